The standard InChI is InChI=1S/C17H18N2O6/c1-2-25-11-5-6-12(13(8-11)19(23)24)18-16(20)14-9-3-4-10(7-9)15(14)17(21)22/h3-6,8-10,14-15H,2,7H2,1H3,(H,18,20)(H,21,22)/t9-,10+,14+,15+/m1/s1. The van der Waals surface area contributed by atoms with Crippen molar-refractivity contribution in [3.05, 3.63) is 40.5 Å². The monoisotopic (exact) mass is 346 g/mol. The smallest absolute Gasteiger partial charge is 0.307 e. The molecule has 1 aromatic carbocycles. The van der Waals surface area contributed by atoms with E-state index in [-0.39, 0.29) is 23.2 Å². The van der Waals surface area contributed by atoms with Crippen molar-refractivity contribution in [2.45, 2.75) is 13.3 Å². The van der Waals surface area contributed by atoms with Gasteiger partial charge in [0.2, 0.25) is 5.91 Å². The largest absolute Gasteiger partial charge is 0.494 e. The molecule has 0 heterocycles. The van der Waals surface area contributed by atoms with Crippen LogP contribution in [0.4, 0.5) is 11.4 Å². The predicted octanol–water partition coefficient (Wildman–Crippen LogP) is 2.45. The molecule has 4 atom stereocenters. The summed E-state index contributed by atoms with van der Waals surface area (Å²) in [6.07, 6.45) is 4.33. The Labute approximate surface area is 143 Å². The number of carboxylic acid groups (broad SMARTS) is 1. The minimum Gasteiger partial charge on any atom is -0.494 e. The summed E-state index contributed by atoms with van der Waals surface area (Å²) in [5.74, 6) is -3.01. The number of ether oxygens (including phenoxy) is 1. The van der Waals surface area contributed by atoms with Crippen molar-refractivity contribution >= 4 is 23.3 Å². The van der Waals surface area contributed by atoms with E-state index in [0.717, 1.165) is 0 Å². The van der Waals surface area contributed by atoms with Gasteiger partial charge in [-0.15, -0.1) is 0 Å². The number of nitro groups is 1. The molecule has 2 aliphatic rings. The summed E-state index contributed by atoms with van der Waals surface area (Å²) in [5.41, 5.74) is -0.251. The average molecular weight is 346 g/mol. The molecule has 0 radical (unpaired) electrons. The molecule has 0 saturated heterocycles. The lowest BCUT2D eigenvalue weighted by Crippen LogP contribution is -2.36. The number of amides is 1. The Bertz CT molecular complexity index is 760. The lowest BCUT2D eigenvalue weighted by Gasteiger charge is -2.23. The number of fused-ring (bicyclic) bond motifs is 2. The number of carboxylic acids is 1. The molecule has 132 valence electrons. The minimum atomic E-state index is -1.02. The fourth-order valence-corrected chi connectivity index (χ4v) is 3.76. The summed E-state index contributed by atoms with van der Waals surface area (Å²) in [4.78, 5) is 34.8. The first-order chi connectivity index (χ1) is 11.9. The maximum absolute atomic E-state index is 12.6. The lowest BCUT2D eigenvalue weighted by molar-refractivity contribution is -0.384. The van der Waals surface area contributed by atoms with Crippen LogP contribution in [0.5, 0.6) is 5.75 Å². The van der Waals surface area contributed by atoms with E-state index in [1.807, 2.05) is 12.2 Å². The number of carbonyl (C=O) groups is 2. The van der Waals surface area contributed by atoms with Gasteiger partial charge < -0.3 is 15.2 Å². The summed E-state index contributed by atoms with van der Waals surface area (Å²) in [7, 11) is 0. The highest BCUT2D eigenvalue weighted by Crippen LogP contribution is 2.48. The van der Waals surface area contributed by atoms with Gasteiger partial charge in [-0.3, -0.25) is 19.7 Å². The number of anilines is 1. The summed E-state index contributed by atoms with van der Waals surface area (Å²) >= 11 is 0. The van der Waals surface area contributed by atoms with Gasteiger partial charge in [0.05, 0.1) is 29.4 Å². The number of allylic oxidation sites excluding steroid dienone is 2. The third-order valence-electron chi connectivity index (χ3n) is 4.78. The van der Waals surface area contributed by atoms with Crippen molar-refractivity contribution in [1.29, 1.82) is 0 Å². The first kappa shape index (κ1) is 16.9. The predicted molar refractivity (Wildman–Crippen MR) is 88.2 cm³/mol. The number of nitrogens with zero attached hydrogens (tertiary/aromatic N) is 1. The van der Waals surface area contributed by atoms with Crippen LogP contribution in [-0.4, -0.2) is 28.5 Å². The number of aliphatic carboxylic acids is 1. The SMILES string of the molecule is CCOc1ccc(NC(=O)[C@@H]2[C@@H](C(=O)O)[C@H]3C=C[C@@H]2C3)c([N+](=O)[O-])c1. The molecular formula is C17H18N2O6. The summed E-state index contributed by atoms with van der Waals surface area (Å²) in [6.45, 7) is 2.12. The fourth-order valence-electron chi connectivity index (χ4n) is 3.76. The Balaban J connectivity index is 1.84. The Kier molecular flexibility index (Phi) is 4.43. The van der Waals surface area contributed by atoms with Gasteiger partial charge in [0.1, 0.15) is 11.4 Å². The highest BCUT2D eigenvalue weighted by molar-refractivity contribution is 5.98. The summed E-state index contributed by atoms with van der Waals surface area (Å²) < 4.78 is 5.24. The van der Waals surface area contributed by atoms with Gasteiger partial charge in [0.15, 0.2) is 0 Å². The maximum Gasteiger partial charge on any atom is 0.307 e. The molecule has 1 saturated carbocycles. The van der Waals surface area contributed by atoms with Gasteiger partial charge in [-0.1, -0.05) is 12.2 Å². The molecule has 0 aromatic heterocycles. The zero-order valence-corrected chi connectivity index (χ0v) is 13.5. The second-order valence-electron chi connectivity index (χ2n) is 6.20. The van der Waals surface area contributed by atoms with Gasteiger partial charge in [-0.2, -0.15) is 0 Å². The molecule has 1 fully saturated rings. The van der Waals surface area contributed by atoms with E-state index in [0.29, 0.717) is 18.8 Å². The summed E-state index contributed by atoms with van der Waals surface area (Å²) in [6, 6.07) is 4.18. The molecule has 2 bridgehead atoms. The second-order valence-corrected chi connectivity index (χ2v) is 6.20. The molecule has 8 heteroatoms. The zero-order chi connectivity index (χ0) is 18.1. The van der Waals surface area contributed by atoms with E-state index in [4.69, 9.17) is 4.74 Å². The van der Waals surface area contributed by atoms with Crippen molar-refractivity contribution in [3.63, 3.8) is 0 Å². The van der Waals surface area contributed by atoms with Gasteiger partial charge in [-0.25, -0.2) is 0 Å². The Morgan fingerprint density at radius 1 is 1.32 bits per heavy atom. The summed E-state index contributed by atoms with van der Waals surface area (Å²) in [5, 5.41) is 23.2. The van der Waals surface area contributed by atoms with Gasteiger partial charge in [0.25, 0.3) is 5.69 Å². The van der Waals surface area contributed by atoms with Crippen molar-refractivity contribution in [3.8, 4) is 5.75 Å². The number of nitro benzene ring substituents is 1. The van der Waals surface area contributed by atoms with Crippen molar-refractivity contribution < 1.29 is 24.4 Å². The highest BCUT2D eigenvalue weighted by Gasteiger charge is 2.51. The zero-order valence-electron chi connectivity index (χ0n) is 13.5. The van der Waals surface area contributed by atoms with Crippen LogP contribution in [0.1, 0.15) is 13.3 Å². The van der Waals surface area contributed by atoms with Crippen LogP contribution in [-0.2, 0) is 9.59 Å². The molecule has 1 amide bonds. The van der Waals surface area contributed by atoms with E-state index in [9.17, 15) is 24.8 Å². The normalized spacial score (nSPS) is 26.4. The molecule has 0 spiro atoms. The number of nitrogens with one attached hydrogen (secondary N) is 1. The van der Waals surface area contributed by atoms with Crippen LogP contribution in [0, 0.1) is 33.8 Å². The van der Waals surface area contributed by atoms with E-state index in [1.165, 1.54) is 18.2 Å². The lowest BCUT2D eigenvalue weighted by atomic mass is 9.82. The van der Waals surface area contributed by atoms with E-state index < -0.39 is 28.6 Å². The second kappa shape index (κ2) is 6.54. The fraction of sp³-hybridized carbons (Fsp3) is 0.412. The highest BCUT2D eigenvalue weighted by atomic mass is 16.6. The van der Waals surface area contributed by atoms with Crippen LogP contribution in [0.15, 0.2) is 30.4 Å². The molecule has 2 aliphatic carbocycles. The van der Waals surface area contributed by atoms with E-state index in [1.54, 1.807) is 6.92 Å². The van der Waals surface area contributed by atoms with E-state index in [2.05, 4.69) is 5.32 Å². The number of carbonyl (C=O) groups excluding carboxylic acids is 1. The number of hydrogen-bond acceptors (Lipinski definition) is 5. The van der Waals surface area contributed by atoms with Crippen molar-refractivity contribution in [2.75, 3.05) is 11.9 Å². The molecule has 0 aliphatic heterocycles. The third-order valence-corrected chi connectivity index (χ3v) is 4.78. The molecule has 3 rings (SSSR count). The first-order valence-electron chi connectivity index (χ1n) is 8.05. The number of rotatable bonds is 6. The van der Waals surface area contributed by atoms with E-state index >= 15 is 0 Å². The Morgan fingerprint density at radius 2 is 2.00 bits per heavy atom. The molecule has 8 nitrogen and oxygen atoms in total. The molecule has 1 aromatic rings. The molecule has 2 N–H and O–H groups in total. The molecule has 0 unspecified atom stereocenters. The van der Waals surface area contributed by atoms with Crippen LogP contribution in [0.25, 0.3) is 0 Å². The molecule has 25 heavy (non-hydrogen) atoms. The van der Waals surface area contributed by atoms with Crippen molar-refractivity contribution in [1.82, 2.24) is 0 Å². The third kappa shape index (κ3) is 3.07. The first-order valence-corrected chi connectivity index (χ1v) is 8.05. The Morgan fingerprint density at radius 3 is 2.60 bits per heavy atom. The molecular weight excluding hydrogens is 328 g/mol. The topological polar surface area (TPSA) is 119 Å². The quantitative estimate of drug-likeness (QED) is 0.464. The van der Waals surface area contributed by atoms with Gasteiger partial charge in [0, 0.05) is 0 Å². The number of hydrogen-bond donors (Lipinski definition) is 2. The van der Waals surface area contributed by atoms with Crippen molar-refractivity contribution in [2.24, 2.45) is 23.7 Å². The Hall–Kier alpha value is -2.90. The van der Waals surface area contributed by atoms with Crippen LogP contribution >= 0.6 is 0 Å². The van der Waals surface area contributed by atoms with Crippen LogP contribution < -0.4 is 10.1 Å². The maximum atomic E-state index is 12.6. The van der Waals surface area contributed by atoms with Crippen LogP contribution in [0.2, 0.25) is 0 Å². The van der Waals surface area contributed by atoms with Gasteiger partial charge >= 0.3 is 5.97 Å². The van der Waals surface area contributed by atoms with Gasteiger partial charge in [-0.05, 0) is 37.3 Å². The van der Waals surface area contributed by atoms with Crippen LogP contribution in [0.3, 0.4) is 0 Å². The average Bonchev–Trinajstić information content (AvgIpc) is 3.17. The number of benzene rings is 1. The minimum absolute atomic E-state index is 0.0364.